The highest BCUT2D eigenvalue weighted by Gasteiger charge is 2.10. The number of nitrogens with zero attached hydrogens (tertiary/aromatic N) is 3. The molecular formula is C17H18N4O. The van der Waals surface area contributed by atoms with Crippen molar-refractivity contribution < 1.29 is 4.79 Å². The third kappa shape index (κ3) is 3.14. The van der Waals surface area contributed by atoms with Crippen molar-refractivity contribution in [1.82, 2.24) is 20.1 Å². The van der Waals surface area contributed by atoms with Gasteiger partial charge < -0.3 is 5.32 Å². The molecule has 0 saturated heterocycles. The molecule has 1 atom stereocenters. The van der Waals surface area contributed by atoms with E-state index in [-0.39, 0.29) is 11.9 Å². The lowest BCUT2D eigenvalue weighted by Crippen LogP contribution is -2.27. The van der Waals surface area contributed by atoms with Crippen molar-refractivity contribution in [3.8, 4) is 0 Å². The van der Waals surface area contributed by atoms with Crippen LogP contribution in [0.5, 0.6) is 0 Å². The van der Waals surface area contributed by atoms with Gasteiger partial charge in [0.25, 0.3) is 0 Å². The van der Waals surface area contributed by atoms with E-state index < -0.39 is 0 Å². The van der Waals surface area contributed by atoms with E-state index in [4.69, 9.17) is 0 Å². The molecule has 0 spiro atoms. The van der Waals surface area contributed by atoms with Crippen LogP contribution in [0.3, 0.4) is 0 Å². The highest BCUT2D eigenvalue weighted by molar-refractivity contribution is 5.79. The van der Waals surface area contributed by atoms with Crippen LogP contribution in [-0.2, 0) is 11.3 Å². The number of aromatic nitrogens is 3. The fraction of sp³-hybridized carbons (Fsp3) is 0.235. The molecule has 5 heteroatoms. The number of aryl methyl sites for hydroxylation is 1. The van der Waals surface area contributed by atoms with Crippen LogP contribution in [0.1, 0.15) is 24.9 Å². The van der Waals surface area contributed by atoms with Gasteiger partial charge in [-0.3, -0.25) is 14.5 Å². The highest BCUT2D eigenvalue weighted by atomic mass is 16.1. The minimum atomic E-state index is -0.0458. The van der Waals surface area contributed by atoms with Crippen molar-refractivity contribution >= 4 is 16.8 Å². The summed E-state index contributed by atoms with van der Waals surface area (Å²) >= 11 is 0. The number of rotatable bonds is 5. The first kappa shape index (κ1) is 14.3. The number of benzene rings is 1. The van der Waals surface area contributed by atoms with Crippen molar-refractivity contribution in [2.24, 2.45) is 0 Å². The predicted molar refractivity (Wildman–Crippen MR) is 85.1 cm³/mol. The molecule has 0 aliphatic rings. The third-order valence-electron chi connectivity index (χ3n) is 3.66. The number of para-hydroxylation sites is 1. The summed E-state index contributed by atoms with van der Waals surface area (Å²) in [6, 6.07) is 11.8. The maximum Gasteiger partial charge on any atom is 0.222 e. The van der Waals surface area contributed by atoms with E-state index in [1.807, 2.05) is 54.2 Å². The molecule has 1 N–H and O–H groups in total. The smallest absolute Gasteiger partial charge is 0.222 e. The number of carbonyl (C=O) groups excluding carboxylic acids is 1. The molecule has 0 saturated carbocycles. The third-order valence-corrected chi connectivity index (χ3v) is 3.66. The first-order valence-corrected chi connectivity index (χ1v) is 7.34. The molecule has 1 unspecified atom stereocenters. The molecule has 2 aromatic heterocycles. The van der Waals surface area contributed by atoms with Crippen LogP contribution >= 0.6 is 0 Å². The van der Waals surface area contributed by atoms with Crippen LogP contribution in [0.2, 0.25) is 0 Å². The normalized spacial score (nSPS) is 12.2. The molecule has 0 aliphatic heterocycles. The minimum absolute atomic E-state index is 0.0101. The largest absolute Gasteiger partial charge is 0.349 e. The summed E-state index contributed by atoms with van der Waals surface area (Å²) in [5.74, 6) is 0.0101. The Hall–Kier alpha value is -2.69. The molecule has 0 radical (unpaired) electrons. The maximum absolute atomic E-state index is 12.1. The average molecular weight is 294 g/mol. The van der Waals surface area contributed by atoms with Crippen LogP contribution in [0, 0.1) is 0 Å². The van der Waals surface area contributed by atoms with Gasteiger partial charge in [-0.2, -0.15) is 5.10 Å². The molecule has 112 valence electrons. The molecule has 1 aromatic carbocycles. The van der Waals surface area contributed by atoms with Gasteiger partial charge in [0, 0.05) is 24.2 Å². The van der Waals surface area contributed by atoms with Crippen LogP contribution < -0.4 is 5.32 Å². The first-order chi connectivity index (χ1) is 10.7. The number of hydrogen-bond acceptors (Lipinski definition) is 3. The highest BCUT2D eigenvalue weighted by Crippen LogP contribution is 2.13. The van der Waals surface area contributed by atoms with Crippen LogP contribution in [0.4, 0.5) is 0 Å². The Labute approximate surface area is 129 Å². The number of carbonyl (C=O) groups is 1. The number of nitrogens with one attached hydrogen (secondary N) is 1. The van der Waals surface area contributed by atoms with Gasteiger partial charge in [0.1, 0.15) is 0 Å². The number of hydrogen-bond donors (Lipinski definition) is 1. The number of pyridine rings is 1. The number of amides is 1. The summed E-state index contributed by atoms with van der Waals surface area (Å²) < 4.78 is 1.86. The molecule has 5 nitrogen and oxygen atoms in total. The summed E-state index contributed by atoms with van der Waals surface area (Å²) in [6.07, 6.45) is 5.72. The Morgan fingerprint density at radius 3 is 2.91 bits per heavy atom. The lowest BCUT2D eigenvalue weighted by molar-refractivity contribution is -0.122. The van der Waals surface area contributed by atoms with Crippen molar-refractivity contribution in [2.75, 3.05) is 0 Å². The Balaban J connectivity index is 1.58. The lowest BCUT2D eigenvalue weighted by Gasteiger charge is -2.14. The van der Waals surface area contributed by atoms with Gasteiger partial charge >= 0.3 is 0 Å². The van der Waals surface area contributed by atoms with Gasteiger partial charge in [0.05, 0.1) is 24.3 Å². The molecule has 0 bridgehead atoms. The van der Waals surface area contributed by atoms with Gasteiger partial charge in [0.2, 0.25) is 5.91 Å². The van der Waals surface area contributed by atoms with E-state index in [1.165, 1.54) is 0 Å². The van der Waals surface area contributed by atoms with Gasteiger partial charge in [0.15, 0.2) is 0 Å². The van der Waals surface area contributed by atoms with E-state index in [1.54, 1.807) is 12.4 Å². The van der Waals surface area contributed by atoms with Gasteiger partial charge in [-0.05, 0) is 24.6 Å². The fourth-order valence-corrected chi connectivity index (χ4v) is 2.44. The molecular weight excluding hydrogens is 276 g/mol. The minimum Gasteiger partial charge on any atom is -0.349 e. The SMILES string of the molecule is CC(NC(=O)CCn1ncc2ccccc21)c1cccnc1. The van der Waals surface area contributed by atoms with E-state index in [0.717, 1.165) is 16.5 Å². The second-order valence-corrected chi connectivity index (χ2v) is 5.25. The van der Waals surface area contributed by atoms with E-state index in [2.05, 4.69) is 15.4 Å². The molecule has 3 rings (SSSR count). The summed E-state index contributed by atoms with van der Waals surface area (Å²) in [5.41, 5.74) is 2.05. The molecule has 2 heterocycles. The van der Waals surface area contributed by atoms with Crippen LogP contribution in [0.15, 0.2) is 55.0 Å². The first-order valence-electron chi connectivity index (χ1n) is 7.34. The second kappa shape index (κ2) is 6.39. The Morgan fingerprint density at radius 2 is 2.09 bits per heavy atom. The molecule has 0 fully saturated rings. The van der Waals surface area contributed by atoms with Gasteiger partial charge in [-0.15, -0.1) is 0 Å². The summed E-state index contributed by atoms with van der Waals surface area (Å²) in [7, 11) is 0. The predicted octanol–water partition coefficient (Wildman–Crippen LogP) is 2.70. The van der Waals surface area contributed by atoms with Crippen LogP contribution in [-0.4, -0.2) is 20.7 Å². The van der Waals surface area contributed by atoms with Crippen molar-refractivity contribution in [2.45, 2.75) is 25.9 Å². The standard InChI is InChI=1S/C17H18N4O/c1-13(14-6-4-9-18-11-14)20-17(22)8-10-21-16-7-3-2-5-15(16)12-19-21/h2-7,9,11-13H,8,10H2,1H3,(H,20,22). The van der Waals surface area contributed by atoms with E-state index in [0.29, 0.717) is 13.0 Å². The van der Waals surface area contributed by atoms with Crippen molar-refractivity contribution in [3.63, 3.8) is 0 Å². The molecule has 3 aromatic rings. The summed E-state index contributed by atoms with van der Waals surface area (Å²) in [5, 5.41) is 8.41. The zero-order valence-corrected chi connectivity index (χ0v) is 12.4. The monoisotopic (exact) mass is 294 g/mol. The summed E-state index contributed by atoms with van der Waals surface area (Å²) in [6.45, 7) is 2.53. The zero-order chi connectivity index (χ0) is 15.4. The second-order valence-electron chi connectivity index (χ2n) is 5.25. The van der Waals surface area contributed by atoms with Gasteiger partial charge in [-0.25, -0.2) is 0 Å². The molecule has 1 amide bonds. The van der Waals surface area contributed by atoms with Crippen molar-refractivity contribution in [3.05, 3.63) is 60.6 Å². The topological polar surface area (TPSA) is 59.8 Å². The number of fused-ring (bicyclic) bond motifs is 1. The quantitative estimate of drug-likeness (QED) is 0.787. The Kier molecular flexibility index (Phi) is 4.14. The molecule has 22 heavy (non-hydrogen) atoms. The van der Waals surface area contributed by atoms with E-state index >= 15 is 0 Å². The summed E-state index contributed by atoms with van der Waals surface area (Å²) in [4.78, 5) is 16.2. The van der Waals surface area contributed by atoms with Crippen molar-refractivity contribution in [1.29, 1.82) is 0 Å². The maximum atomic E-state index is 12.1. The fourth-order valence-electron chi connectivity index (χ4n) is 2.44. The van der Waals surface area contributed by atoms with E-state index in [9.17, 15) is 4.79 Å². The Morgan fingerprint density at radius 1 is 1.23 bits per heavy atom. The zero-order valence-electron chi connectivity index (χ0n) is 12.4. The molecule has 0 aliphatic carbocycles. The average Bonchev–Trinajstić information content (AvgIpc) is 2.97. The van der Waals surface area contributed by atoms with Gasteiger partial charge in [-0.1, -0.05) is 24.3 Å². The lowest BCUT2D eigenvalue weighted by atomic mass is 10.1. The van der Waals surface area contributed by atoms with Crippen LogP contribution in [0.25, 0.3) is 10.9 Å². The Bertz CT molecular complexity index is 766.